The number of amidine groups is 1. The third-order valence-corrected chi connectivity index (χ3v) is 3.72. The molecule has 2 rings (SSSR count). The monoisotopic (exact) mass is 304 g/mol. The number of aliphatic imine (C=N–C) groups is 2. The molecule has 0 saturated heterocycles. The fourth-order valence-corrected chi connectivity index (χ4v) is 2.59. The van der Waals surface area contributed by atoms with E-state index < -0.39 is 0 Å². The lowest BCUT2D eigenvalue weighted by molar-refractivity contribution is 1.30. The number of benzene rings is 1. The van der Waals surface area contributed by atoms with Gasteiger partial charge in [0.2, 0.25) is 0 Å². The molecule has 0 atom stereocenters. The quantitative estimate of drug-likeness (QED) is 0.408. The second-order valence-corrected chi connectivity index (χ2v) is 5.54. The molecule has 2 nitrogen and oxygen atoms in total. The average Bonchev–Trinajstić information content (AvgIpc) is 3.07. The maximum absolute atomic E-state index is 4.70. The van der Waals surface area contributed by atoms with Crippen LogP contribution < -0.4 is 0 Å². The lowest BCUT2D eigenvalue weighted by atomic mass is 9.99. The third-order valence-electron chi connectivity index (χ3n) is 3.72. The molecule has 0 radical (unpaired) electrons. The van der Waals surface area contributed by atoms with Crippen molar-refractivity contribution in [2.24, 2.45) is 9.98 Å². The first kappa shape index (κ1) is 16.9. The summed E-state index contributed by atoms with van der Waals surface area (Å²) in [4.78, 5) is 9.03. The van der Waals surface area contributed by atoms with Gasteiger partial charge in [0, 0.05) is 18.3 Å². The summed E-state index contributed by atoms with van der Waals surface area (Å²) in [5.41, 5.74) is 5.79. The highest BCUT2D eigenvalue weighted by molar-refractivity contribution is 6.12. The Hall–Kier alpha value is -2.48. The normalized spacial score (nSPS) is 16.3. The molecule has 1 aromatic carbocycles. The Kier molecular flexibility index (Phi) is 6.04. The Balaban J connectivity index is 2.35. The van der Waals surface area contributed by atoms with Crippen LogP contribution >= 0.6 is 0 Å². The SMILES string of the molecule is C/C=C\C(=C/C(C)=NC(=NC)C1=CC=CC1)c1ccccc1C. The fraction of sp³-hybridized carbons (Fsp3) is 0.238. The molecule has 2 heteroatoms. The molecule has 0 amide bonds. The topological polar surface area (TPSA) is 24.7 Å². The zero-order valence-electron chi connectivity index (χ0n) is 14.4. The van der Waals surface area contributed by atoms with Crippen LogP contribution in [-0.4, -0.2) is 18.6 Å². The highest BCUT2D eigenvalue weighted by Crippen LogP contribution is 2.20. The van der Waals surface area contributed by atoms with Gasteiger partial charge in [-0.2, -0.15) is 0 Å². The van der Waals surface area contributed by atoms with Gasteiger partial charge in [0.15, 0.2) is 5.84 Å². The van der Waals surface area contributed by atoms with Gasteiger partial charge < -0.3 is 0 Å². The lowest BCUT2D eigenvalue weighted by Crippen LogP contribution is -2.02. The van der Waals surface area contributed by atoms with Crippen molar-refractivity contribution >= 4 is 17.1 Å². The number of aryl methyl sites for hydroxylation is 1. The van der Waals surface area contributed by atoms with E-state index in [-0.39, 0.29) is 0 Å². The highest BCUT2D eigenvalue weighted by atomic mass is 14.9. The fourth-order valence-electron chi connectivity index (χ4n) is 2.59. The van der Waals surface area contributed by atoms with E-state index in [9.17, 15) is 0 Å². The van der Waals surface area contributed by atoms with Gasteiger partial charge in [-0.15, -0.1) is 0 Å². The van der Waals surface area contributed by atoms with Gasteiger partial charge in [0.25, 0.3) is 0 Å². The molecule has 0 spiro atoms. The predicted octanol–water partition coefficient (Wildman–Crippen LogP) is 5.33. The summed E-state index contributed by atoms with van der Waals surface area (Å²) in [5.74, 6) is 0.813. The van der Waals surface area contributed by atoms with Gasteiger partial charge in [-0.1, -0.05) is 54.6 Å². The molecule has 0 bridgehead atoms. The minimum Gasteiger partial charge on any atom is -0.270 e. The first-order valence-electron chi connectivity index (χ1n) is 7.94. The molecule has 23 heavy (non-hydrogen) atoms. The van der Waals surface area contributed by atoms with E-state index in [1.807, 2.05) is 13.8 Å². The van der Waals surface area contributed by atoms with Crippen molar-refractivity contribution in [1.82, 2.24) is 0 Å². The van der Waals surface area contributed by atoms with E-state index in [0.717, 1.165) is 18.0 Å². The number of allylic oxidation sites excluding steroid dienone is 7. The van der Waals surface area contributed by atoms with E-state index in [1.54, 1.807) is 7.05 Å². The largest absolute Gasteiger partial charge is 0.270 e. The molecular weight excluding hydrogens is 280 g/mol. The second-order valence-electron chi connectivity index (χ2n) is 5.54. The molecule has 1 aromatic rings. The van der Waals surface area contributed by atoms with Crippen LogP contribution in [0.3, 0.4) is 0 Å². The molecule has 0 fully saturated rings. The average molecular weight is 304 g/mol. The standard InChI is InChI=1S/C21H24N2/c1-5-10-19(20-14-9-6-11-16(20)2)15-17(3)23-21(22-4)18-12-7-8-13-18/h5-12,14-15H,13H2,1-4H3/b10-5-,19-15+,22-21?,23-17?. The van der Waals surface area contributed by atoms with Crippen molar-refractivity contribution in [3.05, 3.63) is 77.4 Å². The zero-order valence-corrected chi connectivity index (χ0v) is 14.4. The van der Waals surface area contributed by atoms with Crippen molar-refractivity contribution in [2.75, 3.05) is 7.05 Å². The Labute approximate surface area is 139 Å². The number of nitrogens with zero attached hydrogens (tertiary/aromatic N) is 2. The molecule has 0 unspecified atom stereocenters. The lowest BCUT2D eigenvalue weighted by Gasteiger charge is -2.08. The number of rotatable bonds is 4. The summed E-state index contributed by atoms with van der Waals surface area (Å²) in [6.07, 6.45) is 13.5. The Morgan fingerprint density at radius 1 is 1.22 bits per heavy atom. The first-order chi connectivity index (χ1) is 11.2. The Morgan fingerprint density at radius 2 is 2.00 bits per heavy atom. The van der Waals surface area contributed by atoms with Gasteiger partial charge in [-0.3, -0.25) is 4.99 Å². The molecule has 0 aliphatic heterocycles. The zero-order chi connectivity index (χ0) is 16.7. The molecule has 0 N–H and O–H groups in total. The summed E-state index contributed by atoms with van der Waals surface area (Å²) >= 11 is 0. The summed E-state index contributed by atoms with van der Waals surface area (Å²) in [6.45, 7) is 6.19. The van der Waals surface area contributed by atoms with Crippen LogP contribution in [0.25, 0.3) is 5.57 Å². The number of hydrogen-bond acceptors (Lipinski definition) is 1. The minimum atomic E-state index is 0.813. The van der Waals surface area contributed by atoms with Gasteiger partial charge in [-0.25, -0.2) is 4.99 Å². The third kappa shape index (κ3) is 4.49. The van der Waals surface area contributed by atoms with Crippen molar-refractivity contribution in [2.45, 2.75) is 27.2 Å². The van der Waals surface area contributed by atoms with E-state index >= 15 is 0 Å². The van der Waals surface area contributed by atoms with E-state index in [2.05, 4.69) is 72.6 Å². The van der Waals surface area contributed by atoms with Gasteiger partial charge in [-0.05, 0) is 50.0 Å². The van der Waals surface area contributed by atoms with Crippen LogP contribution in [0, 0.1) is 6.92 Å². The van der Waals surface area contributed by atoms with Crippen LogP contribution in [0.5, 0.6) is 0 Å². The van der Waals surface area contributed by atoms with Crippen LogP contribution in [0.4, 0.5) is 0 Å². The summed E-state index contributed by atoms with van der Waals surface area (Å²) in [6, 6.07) is 8.41. The van der Waals surface area contributed by atoms with E-state index in [1.165, 1.54) is 22.3 Å². The van der Waals surface area contributed by atoms with Crippen LogP contribution in [0.15, 0.2) is 76.3 Å². The van der Waals surface area contributed by atoms with E-state index in [0.29, 0.717) is 0 Å². The smallest absolute Gasteiger partial charge is 0.150 e. The van der Waals surface area contributed by atoms with Crippen molar-refractivity contribution in [3.8, 4) is 0 Å². The molecule has 0 aromatic heterocycles. The molecule has 0 heterocycles. The van der Waals surface area contributed by atoms with Crippen molar-refractivity contribution in [3.63, 3.8) is 0 Å². The van der Waals surface area contributed by atoms with Crippen LogP contribution in [0.2, 0.25) is 0 Å². The molecule has 1 aliphatic rings. The van der Waals surface area contributed by atoms with Crippen molar-refractivity contribution < 1.29 is 0 Å². The molecule has 1 aliphatic carbocycles. The highest BCUT2D eigenvalue weighted by Gasteiger charge is 2.07. The van der Waals surface area contributed by atoms with Crippen molar-refractivity contribution in [1.29, 1.82) is 0 Å². The van der Waals surface area contributed by atoms with Gasteiger partial charge >= 0.3 is 0 Å². The number of hydrogen-bond donors (Lipinski definition) is 0. The minimum absolute atomic E-state index is 0.813. The maximum Gasteiger partial charge on any atom is 0.150 e. The Morgan fingerprint density at radius 3 is 2.61 bits per heavy atom. The molecular formula is C21H24N2. The van der Waals surface area contributed by atoms with Crippen LogP contribution in [-0.2, 0) is 0 Å². The molecule has 118 valence electrons. The van der Waals surface area contributed by atoms with E-state index in [4.69, 9.17) is 4.99 Å². The first-order valence-corrected chi connectivity index (χ1v) is 7.94. The summed E-state index contributed by atoms with van der Waals surface area (Å²) in [7, 11) is 1.79. The van der Waals surface area contributed by atoms with Gasteiger partial charge in [0.05, 0.1) is 0 Å². The molecule has 0 saturated carbocycles. The summed E-state index contributed by atoms with van der Waals surface area (Å²) in [5, 5.41) is 0. The second kappa shape index (κ2) is 8.23. The van der Waals surface area contributed by atoms with Crippen LogP contribution in [0.1, 0.15) is 31.4 Å². The maximum atomic E-state index is 4.70. The van der Waals surface area contributed by atoms with Gasteiger partial charge in [0.1, 0.15) is 0 Å². The predicted molar refractivity (Wildman–Crippen MR) is 102 cm³/mol. The summed E-state index contributed by atoms with van der Waals surface area (Å²) < 4.78 is 0. The Bertz CT molecular complexity index is 741.